The first-order chi connectivity index (χ1) is 8.66. The van der Waals surface area contributed by atoms with E-state index in [9.17, 15) is 5.11 Å². The molecule has 0 amide bonds. The number of benzene rings is 2. The number of aromatic nitrogens is 2. The van der Waals surface area contributed by atoms with Crippen molar-refractivity contribution in [2.45, 2.75) is 0 Å². The molecule has 0 aliphatic carbocycles. The molecule has 0 unspecified atom stereocenters. The van der Waals surface area contributed by atoms with E-state index in [-0.39, 0.29) is 5.75 Å². The number of fused-ring (bicyclic) bond motifs is 1. The Morgan fingerprint density at radius 2 is 1.94 bits per heavy atom. The summed E-state index contributed by atoms with van der Waals surface area (Å²) >= 11 is 5.97. The molecule has 0 fully saturated rings. The van der Waals surface area contributed by atoms with Crippen LogP contribution >= 0.6 is 11.6 Å². The van der Waals surface area contributed by atoms with E-state index in [1.807, 2.05) is 35.9 Å². The predicted molar refractivity (Wildman–Crippen MR) is 72.8 cm³/mol. The maximum Gasteiger partial charge on any atom is 0.144 e. The third-order valence-corrected chi connectivity index (χ3v) is 3.22. The number of para-hydroxylation sites is 2. The summed E-state index contributed by atoms with van der Waals surface area (Å²) in [6.07, 6.45) is 0. The quantitative estimate of drug-likeness (QED) is 0.724. The molecule has 0 bridgehead atoms. The van der Waals surface area contributed by atoms with Crippen LogP contribution in [-0.2, 0) is 7.05 Å². The number of phenols is 1. The van der Waals surface area contributed by atoms with Gasteiger partial charge in [0.05, 0.1) is 16.6 Å². The van der Waals surface area contributed by atoms with Gasteiger partial charge in [-0.15, -0.1) is 0 Å². The van der Waals surface area contributed by atoms with Crippen LogP contribution in [0.3, 0.4) is 0 Å². The molecule has 0 atom stereocenters. The highest BCUT2D eigenvalue weighted by molar-refractivity contribution is 6.30. The first-order valence-electron chi connectivity index (χ1n) is 5.57. The van der Waals surface area contributed by atoms with Crippen molar-refractivity contribution in [1.82, 2.24) is 9.55 Å². The van der Waals surface area contributed by atoms with Crippen LogP contribution in [0.1, 0.15) is 0 Å². The molecule has 1 N–H and O–H groups in total. The molecular formula is C14H11ClN2O. The van der Waals surface area contributed by atoms with Crippen LogP contribution in [0.25, 0.3) is 22.4 Å². The molecule has 3 aromatic rings. The van der Waals surface area contributed by atoms with Crippen LogP contribution in [0.15, 0.2) is 42.5 Å². The van der Waals surface area contributed by atoms with Crippen LogP contribution in [0.5, 0.6) is 5.75 Å². The van der Waals surface area contributed by atoms with E-state index in [4.69, 9.17) is 11.6 Å². The fourth-order valence-electron chi connectivity index (χ4n) is 2.07. The van der Waals surface area contributed by atoms with Gasteiger partial charge in [-0.05, 0) is 30.3 Å². The zero-order valence-electron chi connectivity index (χ0n) is 9.76. The minimum Gasteiger partial charge on any atom is -0.507 e. The molecule has 0 radical (unpaired) electrons. The second-order valence-electron chi connectivity index (χ2n) is 4.14. The van der Waals surface area contributed by atoms with Gasteiger partial charge >= 0.3 is 0 Å². The topological polar surface area (TPSA) is 38.0 Å². The van der Waals surface area contributed by atoms with Gasteiger partial charge in [0.25, 0.3) is 0 Å². The van der Waals surface area contributed by atoms with Crippen LogP contribution in [0.4, 0.5) is 0 Å². The summed E-state index contributed by atoms with van der Waals surface area (Å²) in [6, 6.07) is 12.8. The molecule has 0 aliphatic rings. The van der Waals surface area contributed by atoms with E-state index < -0.39 is 0 Å². The normalized spacial score (nSPS) is 11.0. The van der Waals surface area contributed by atoms with Gasteiger partial charge in [0.1, 0.15) is 11.6 Å². The molecule has 0 saturated carbocycles. The van der Waals surface area contributed by atoms with Gasteiger partial charge in [0.2, 0.25) is 0 Å². The summed E-state index contributed by atoms with van der Waals surface area (Å²) in [6.45, 7) is 0. The summed E-state index contributed by atoms with van der Waals surface area (Å²) in [4.78, 5) is 4.53. The number of hydrogen-bond donors (Lipinski definition) is 1. The maximum atomic E-state index is 9.93. The molecular weight excluding hydrogens is 248 g/mol. The van der Waals surface area contributed by atoms with Crippen molar-refractivity contribution >= 4 is 22.6 Å². The van der Waals surface area contributed by atoms with E-state index >= 15 is 0 Å². The van der Waals surface area contributed by atoms with Crippen LogP contribution in [0, 0.1) is 0 Å². The lowest BCUT2D eigenvalue weighted by Crippen LogP contribution is -1.92. The molecule has 0 spiro atoms. The fraction of sp³-hybridized carbons (Fsp3) is 0.0714. The Morgan fingerprint density at radius 1 is 1.17 bits per heavy atom. The standard InChI is InChI=1S/C14H11ClN2O/c1-17-12-5-3-2-4-11(12)16-14(17)10-8-9(15)6-7-13(10)18/h2-8,18H,1H3. The van der Waals surface area contributed by atoms with E-state index in [1.54, 1.807) is 18.2 Å². The van der Waals surface area contributed by atoms with Gasteiger partial charge in [0, 0.05) is 12.1 Å². The molecule has 90 valence electrons. The lowest BCUT2D eigenvalue weighted by molar-refractivity contribution is 0.476. The van der Waals surface area contributed by atoms with Crippen molar-refractivity contribution < 1.29 is 5.11 Å². The number of rotatable bonds is 1. The third-order valence-electron chi connectivity index (χ3n) is 2.99. The average Bonchev–Trinajstić information content (AvgIpc) is 2.71. The van der Waals surface area contributed by atoms with Crippen molar-refractivity contribution in [1.29, 1.82) is 0 Å². The summed E-state index contributed by atoms with van der Waals surface area (Å²) in [7, 11) is 1.92. The molecule has 1 heterocycles. The Balaban J connectivity index is 2.31. The molecule has 4 heteroatoms. The van der Waals surface area contributed by atoms with Gasteiger partial charge in [0.15, 0.2) is 0 Å². The van der Waals surface area contributed by atoms with Gasteiger partial charge in [-0.2, -0.15) is 0 Å². The monoisotopic (exact) mass is 258 g/mol. The van der Waals surface area contributed by atoms with Crippen LogP contribution in [-0.4, -0.2) is 14.7 Å². The zero-order chi connectivity index (χ0) is 12.7. The molecule has 3 rings (SSSR count). The lowest BCUT2D eigenvalue weighted by atomic mass is 10.2. The molecule has 18 heavy (non-hydrogen) atoms. The molecule has 3 nitrogen and oxygen atoms in total. The number of nitrogens with zero attached hydrogens (tertiary/aromatic N) is 2. The molecule has 1 aromatic heterocycles. The van der Waals surface area contributed by atoms with Crippen molar-refractivity contribution in [2.24, 2.45) is 7.05 Å². The number of aromatic hydroxyl groups is 1. The largest absolute Gasteiger partial charge is 0.507 e. The van der Waals surface area contributed by atoms with Crippen LogP contribution < -0.4 is 0 Å². The molecule has 0 saturated heterocycles. The summed E-state index contributed by atoms with van der Waals surface area (Å²) in [5, 5.41) is 10.5. The van der Waals surface area contributed by atoms with E-state index in [2.05, 4.69) is 4.98 Å². The minimum absolute atomic E-state index is 0.179. The second-order valence-corrected chi connectivity index (χ2v) is 4.58. The second kappa shape index (κ2) is 4.03. The number of imidazole rings is 1. The van der Waals surface area contributed by atoms with Gasteiger partial charge < -0.3 is 9.67 Å². The predicted octanol–water partition coefficient (Wildman–Crippen LogP) is 3.60. The van der Waals surface area contributed by atoms with Crippen molar-refractivity contribution in [2.75, 3.05) is 0 Å². The zero-order valence-corrected chi connectivity index (χ0v) is 10.5. The van der Waals surface area contributed by atoms with Gasteiger partial charge in [-0.3, -0.25) is 0 Å². The fourth-order valence-corrected chi connectivity index (χ4v) is 2.25. The highest BCUT2D eigenvalue weighted by Gasteiger charge is 2.13. The number of halogens is 1. The maximum absolute atomic E-state index is 9.93. The SMILES string of the molecule is Cn1c(-c2cc(Cl)ccc2O)nc2ccccc21. The Hall–Kier alpha value is -2.00. The third kappa shape index (κ3) is 1.64. The van der Waals surface area contributed by atoms with E-state index in [0.29, 0.717) is 16.4 Å². The average molecular weight is 259 g/mol. The highest BCUT2D eigenvalue weighted by atomic mass is 35.5. The first-order valence-corrected chi connectivity index (χ1v) is 5.95. The highest BCUT2D eigenvalue weighted by Crippen LogP contribution is 2.32. The number of phenolic OH excluding ortho intramolecular Hbond substituents is 1. The Kier molecular flexibility index (Phi) is 2.49. The van der Waals surface area contributed by atoms with E-state index in [1.165, 1.54) is 0 Å². The van der Waals surface area contributed by atoms with Crippen molar-refractivity contribution in [3.63, 3.8) is 0 Å². The smallest absolute Gasteiger partial charge is 0.144 e. The minimum atomic E-state index is 0.179. The Bertz CT molecular complexity index is 734. The lowest BCUT2D eigenvalue weighted by Gasteiger charge is -2.05. The molecule has 0 aliphatic heterocycles. The number of hydrogen-bond acceptors (Lipinski definition) is 2. The number of aryl methyl sites for hydroxylation is 1. The van der Waals surface area contributed by atoms with Crippen molar-refractivity contribution in [3.8, 4) is 17.1 Å². The Labute approximate surface area is 109 Å². The summed E-state index contributed by atoms with van der Waals surface area (Å²) in [5.41, 5.74) is 2.56. The van der Waals surface area contributed by atoms with Crippen molar-refractivity contribution in [3.05, 3.63) is 47.5 Å². The van der Waals surface area contributed by atoms with Gasteiger partial charge in [-0.1, -0.05) is 23.7 Å². The van der Waals surface area contributed by atoms with Crippen LogP contribution in [0.2, 0.25) is 5.02 Å². The van der Waals surface area contributed by atoms with E-state index in [0.717, 1.165) is 11.0 Å². The Morgan fingerprint density at radius 3 is 2.72 bits per heavy atom. The van der Waals surface area contributed by atoms with Gasteiger partial charge in [-0.25, -0.2) is 4.98 Å². The first kappa shape index (κ1) is 11.1. The summed E-state index contributed by atoms with van der Waals surface area (Å²) < 4.78 is 1.95. The molecule has 2 aromatic carbocycles. The summed E-state index contributed by atoms with van der Waals surface area (Å²) in [5.74, 6) is 0.883.